The average molecular weight is 296 g/mol. The molecule has 2 unspecified atom stereocenters. The first kappa shape index (κ1) is 18.1. The predicted octanol–water partition coefficient (Wildman–Crippen LogP) is 6.41. The van der Waals surface area contributed by atoms with Crippen LogP contribution >= 0.6 is 0 Å². The lowest BCUT2D eigenvalue weighted by molar-refractivity contribution is -0.0164. The van der Waals surface area contributed by atoms with Crippen molar-refractivity contribution < 1.29 is 8.78 Å². The lowest BCUT2D eigenvalue weighted by Gasteiger charge is -2.39. The summed E-state index contributed by atoms with van der Waals surface area (Å²) in [6, 6.07) is 7.48. The van der Waals surface area contributed by atoms with E-state index in [0.717, 1.165) is 5.56 Å². The van der Waals surface area contributed by atoms with Gasteiger partial charge in [0, 0.05) is 5.41 Å². The van der Waals surface area contributed by atoms with Crippen molar-refractivity contribution in [3.8, 4) is 0 Å². The fraction of sp³-hybridized carbons (Fsp3) is 0.684. The monoisotopic (exact) mass is 296 g/mol. The molecular formula is C19H30F2. The van der Waals surface area contributed by atoms with Crippen molar-refractivity contribution in [3.63, 3.8) is 0 Å². The second kappa shape index (κ2) is 5.70. The Bertz CT molecular complexity index is 458. The molecule has 0 aliphatic heterocycles. The van der Waals surface area contributed by atoms with Crippen molar-refractivity contribution in [2.24, 2.45) is 10.8 Å². The van der Waals surface area contributed by atoms with Gasteiger partial charge in [-0.25, -0.2) is 8.78 Å². The van der Waals surface area contributed by atoms with E-state index < -0.39 is 23.2 Å². The highest BCUT2D eigenvalue weighted by molar-refractivity contribution is 5.29. The molecule has 0 N–H and O–H groups in total. The molecule has 0 aliphatic rings. The van der Waals surface area contributed by atoms with Crippen LogP contribution in [0.2, 0.25) is 0 Å². The van der Waals surface area contributed by atoms with Crippen LogP contribution in [-0.2, 0) is 5.41 Å². The van der Waals surface area contributed by atoms with Crippen molar-refractivity contribution in [2.45, 2.75) is 73.1 Å². The Morgan fingerprint density at radius 1 is 0.762 bits per heavy atom. The van der Waals surface area contributed by atoms with Crippen LogP contribution in [0.3, 0.4) is 0 Å². The molecular weight excluding hydrogens is 266 g/mol. The molecule has 0 radical (unpaired) electrons. The van der Waals surface area contributed by atoms with Gasteiger partial charge in [-0.1, -0.05) is 79.7 Å². The van der Waals surface area contributed by atoms with Crippen LogP contribution in [0, 0.1) is 10.8 Å². The first-order valence-corrected chi connectivity index (χ1v) is 7.66. The lowest BCUT2D eigenvalue weighted by atomic mass is 9.70. The molecule has 0 amide bonds. The molecule has 2 heteroatoms. The van der Waals surface area contributed by atoms with Crippen LogP contribution in [0.4, 0.5) is 8.78 Å². The van der Waals surface area contributed by atoms with E-state index in [1.165, 1.54) is 0 Å². The molecule has 0 spiro atoms. The van der Waals surface area contributed by atoms with E-state index >= 15 is 0 Å². The Morgan fingerprint density at radius 2 is 1.19 bits per heavy atom. The number of alkyl halides is 2. The van der Waals surface area contributed by atoms with Crippen molar-refractivity contribution in [2.75, 3.05) is 0 Å². The Kier molecular flexibility index (Phi) is 4.92. The maximum absolute atomic E-state index is 14.9. The summed E-state index contributed by atoms with van der Waals surface area (Å²) in [6.07, 6.45) is -2.54. The predicted molar refractivity (Wildman–Crippen MR) is 87.1 cm³/mol. The van der Waals surface area contributed by atoms with Gasteiger partial charge in [0.2, 0.25) is 0 Å². The first-order valence-electron chi connectivity index (χ1n) is 7.66. The maximum atomic E-state index is 14.9. The molecule has 0 saturated carbocycles. The summed E-state index contributed by atoms with van der Waals surface area (Å²) in [6.45, 7) is 15.2. The van der Waals surface area contributed by atoms with Gasteiger partial charge in [-0.3, -0.25) is 0 Å². The number of hydrogen-bond acceptors (Lipinski definition) is 0. The van der Waals surface area contributed by atoms with E-state index in [1.807, 2.05) is 32.9 Å². The minimum atomic E-state index is -1.32. The van der Waals surface area contributed by atoms with Crippen LogP contribution in [0.15, 0.2) is 24.3 Å². The summed E-state index contributed by atoms with van der Waals surface area (Å²) in [4.78, 5) is 0. The molecule has 120 valence electrons. The number of benzene rings is 1. The van der Waals surface area contributed by atoms with E-state index in [-0.39, 0.29) is 5.41 Å². The Labute approximate surface area is 129 Å². The van der Waals surface area contributed by atoms with Gasteiger partial charge in [-0.2, -0.15) is 0 Å². The molecule has 0 aliphatic carbocycles. The number of rotatable bonds is 3. The van der Waals surface area contributed by atoms with Gasteiger partial charge in [0.25, 0.3) is 0 Å². The third-order valence-corrected chi connectivity index (χ3v) is 4.14. The van der Waals surface area contributed by atoms with E-state index in [1.54, 1.807) is 26.0 Å². The van der Waals surface area contributed by atoms with Crippen LogP contribution in [0.1, 0.15) is 72.7 Å². The van der Waals surface area contributed by atoms with Gasteiger partial charge in [0.1, 0.15) is 12.3 Å². The third-order valence-electron chi connectivity index (χ3n) is 4.14. The van der Waals surface area contributed by atoms with Gasteiger partial charge in [-0.15, -0.1) is 0 Å². The van der Waals surface area contributed by atoms with E-state index in [9.17, 15) is 8.78 Å². The molecule has 0 aromatic heterocycles. The fourth-order valence-electron chi connectivity index (χ4n) is 2.83. The van der Waals surface area contributed by atoms with Crippen LogP contribution in [0.5, 0.6) is 0 Å². The van der Waals surface area contributed by atoms with Crippen molar-refractivity contribution in [1.29, 1.82) is 0 Å². The third kappa shape index (κ3) is 4.05. The maximum Gasteiger partial charge on any atom is 0.133 e. The van der Waals surface area contributed by atoms with Crippen molar-refractivity contribution >= 4 is 0 Å². The summed E-state index contributed by atoms with van der Waals surface area (Å²) in [5.41, 5.74) is 0.123. The highest BCUT2D eigenvalue weighted by Gasteiger charge is 2.44. The number of halogens is 2. The van der Waals surface area contributed by atoms with Crippen molar-refractivity contribution in [1.82, 2.24) is 0 Å². The molecule has 1 aromatic carbocycles. The van der Waals surface area contributed by atoms with E-state index in [2.05, 4.69) is 20.8 Å². The molecule has 0 fully saturated rings. The van der Waals surface area contributed by atoms with Gasteiger partial charge >= 0.3 is 0 Å². The molecule has 2 atom stereocenters. The van der Waals surface area contributed by atoms with E-state index in [0.29, 0.717) is 5.56 Å². The topological polar surface area (TPSA) is 0 Å². The smallest absolute Gasteiger partial charge is 0.133 e. The SMILES string of the molecule is CC(C)(C)c1ccc(C(F)C(C)(C)C(F)C(C)(C)C)cc1. The standard InChI is InChI=1S/C19H30F2/c1-17(2,3)14-11-9-13(10-12-14)15(20)19(7,8)16(21)18(4,5)6/h9-12,15-16H,1-8H3. The normalized spacial score (nSPS) is 16.7. The minimum Gasteiger partial charge on any atom is -0.246 e. The van der Waals surface area contributed by atoms with Crippen LogP contribution in [0.25, 0.3) is 0 Å². The Hall–Kier alpha value is -0.920. The van der Waals surface area contributed by atoms with Crippen molar-refractivity contribution in [3.05, 3.63) is 35.4 Å². The zero-order valence-corrected chi connectivity index (χ0v) is 14.7. The molecule has 0 nitrogen and oxygen atoms in total. The number of hydrogen-bond donors (Lipinski definition) is 0. The molecule has 1 rings (SSSR count). The second-order valence-electron chi connectivity index (χ2n) is 8.78. The van der Waals surface area contributed by atoms with Crippen LogP contribution < -0.4 is 0 Å². The molecule has 1 aromatic rings. The average Bonchev–Trinajstić information content (AvgIpc) is 2.35. The summed E-state index contributed by atoms with van der Waals surface area (Å²) in [5.74, 6) is 0. The summed E-state index contributed by atoms with van der Waals surface area (Å²) >= 11 is 0. The highest BCUT2D eigenvalue weighted by atomic mass is 19.1. The fourth-order valence-corrected chi connectivity index (χ4v) is 2.83. The quantitative estimate of drug-likeness (QED) is 0.605. The highest BCUT2D eigenvalue weighted by Crippen LogP contribution is 2.47. The summed E-state index contributed by atoms with van der Waals surface area (Å²) in [7, 11) is 0. The Balaban J connectivity index is 3.05. The Morgan fingerprint density at radius 3 is 1.52 bits per heavy atom. The molecule has 0 saturated heterocycles. The van der Waals surface area contributed by atoms with Gasteiger partial charge < -0.3 is 0 Å². The van der Waals surface area contributed by atoms with Gasteiger partial charge in [0.15, 0.2) is 0 Å². The van der Waals surface area contributed by atoms with E-state index in [4.69, 9.17) is 0 Å². The summed E-state index contributed by atoms with van der Waals surface area (Å²) in [5, 5.41) is 0. The van der Waals surface area contributed by atoms with Gasteiger partial charge in [0.05, 0.1) is 0 Å². The second-order valence-corrected chi connectivity index (χ2v) is 8.78. The summed E-state index contributed by atoms with van der Waals surface area (Å²) < 4.78 is 29.5. The molecule has 0 heterocycles. The zero-order chi connectivity index (χ0) is 16.6. The first-order chi connectivity index (χ1) is 9.28. The molecule has 0 bridgehead atoms. The van der Waals surface area contributed by atoms with Gasteiger partial charge in [-0.05, 0) is 22.0 Å². The minimum absolute atomic E-state index is 0.0356. The lowest BCUT2D eigenvalue weighted by Crippen LogP contribution is -2.39. The largest absolute Gasteiger partial charge is 0.246 e. The van der Waals surface area contributed by atoms with Crippen LogP contribution in [-0.4, -0.2) is 6.17 Å². The zero-order valence-electron chi connectivity index (χ0n) is 14.7. The molecule has 21 heavy (non-hydrogen) atoms.